The number of carbonyl (C=O) groups is 1. The van der Waals surface area contributed by atoms with E-state index in [1.165, 1.54) is 4.90 Å². The zero-order chi connectivity index (χ0) is 18.9. The van der Waals surface area contributed by atoms with Crippen LogP contribution in [-0.2, 0) is 9.53 Å². The maximum Gasteiger partial charge on any atom is 0.243 e. The van der Waals surface area contributed by atoms with Crippen molar-refractivity contribution in [3.05, 3.63) is 18.2 Å². The molecule has 1 saturated heterocycles. The Morgan fingerprint density at radius 2 is 2.04 bits per heavy atom. The van der Waals surface area contributed by atoms with Crippen molar-refractivity contribution in [2.24, 2.45) is 10.9 Å². The first-order valence-electron chi connectivity index (χ1n) is 8.58. The molecule has 0 radical (unpaired) electrons. The minimum Gasteiger partial charge on any atom is -0.493 e. The Morgan fingerprint density at radius 3 is 2.63 bits per heavy atom. The smallest absolute Gasteiger partial charge is 0.243 e. The predicted molar refractivity (Wildman–Crippen MR) is 117 cm³/mol. The van der Waals surface area contributed by atoms with Crippen molar-refractivity contribution in [3.8, 4) is 11.5 Å². The van der Waals surface area contributed by atoms with E-state index < -0.39 is 0 Å². The maximum absolute atomic E-state index is 11.9. The fourth-order valence-corrected chi connectivity index (χ4v) is 2.46. The Hall–Kier alpha value is -1.75. The standard InChI is InChI=1S/C18H28N4O4.HI/c1-22(2)17(23)11-20-18(19-10-13-7-8-26-12-13)21-14-5-6-15(24-3)16(9-14)25-4;/h5-6,9,13H,7-8,10-12H2,1-4H3,(H2,19,20,21);1H. The van der Waals surface area contributed by atoms with Gasteiger partial charge in [-0.05, 0) is 18.6 Å². The molecular formula is C18H29IN4O4. The Morgan fingerprint density at radius 1 is 1.30 bits per heavy atom. The van der Waals surface area contributed by atoms with Crippen molar-refractivity contribution >= 4 is 41.5 Å². The van der Waals surface area contributed by atoms with E-state index in [0.29, 0.717) is 23.4 Å². The van der Waals surface area contributed by atoms with E-state index in [-0.39, 0.29) is 36.4 Å². The summed E-state index contributed by atoms with van der Waals surface area (Å²) in [4.78, 5) is 17.8. The van der Waals surface area contributed by atoms with Gasteiger partial charge in [0.15, 0.2) is 17.5 Å². The van der Waals surface area contributed by atoms with Crippen LogP contribution in [0.1, 0.15) is 6.42 Å². The molecule has 1 aliphatic heterocycles. The second kappa shape index (κ2) is 11.9. The van der Waals surface area contributed by atoms with E-state index in [1.807, 2.05) is 18.2 Å². The van der Waals surface area contributed by atoms with Crippen LogP contribution < -0.4 is 20.1 Å². The first-order valence-corrected chi connectivity index (χ1v) is 8.58. The van der Waals surface area contributed by atoms with E-state index in [0.717, 1.165) is 31.9 Å². The Kier molecular flexibility index (Phi) is 10.2. The molecular weight excluding hydrogens is 463 g/mol. The minimum atomic E-state index is -0.0670. The molecule has 1 aromatic rings. The van der Waals surface area contributed by atoms with E-state index in [4.69, 9.17) is 14.2 Å². The molecule has 0 aromatic heterocycles. The highest BCUT2D eigenvalue weighted by Gasteiger charge is 2.16. The van der Waals surface area contributed by atoms with Gasteiger partial charge in [-0.15, -0.1) is 24.0 Å². The van der Waals surface area contributed by atoms with Gasteiger partial charge in [-0.3, -0.25) is 4.79 Å². The molecule has 1 aromatic carbocycles. The highest BCUT2D eigenvalue weighted by atomic mass is 127. The summed E-state index contributed by atoms with van der Waals surface area (Å²) in [7, 11) is 6.60. The van der Waals surface area contributed by atoms with Gasteiger partial charge >= 0.3 is 0 Å². The summed E-state index contributed by atoms with van der Waals surface area (Å²) in [6.07, 6.45) is 1.02. The molecule has 2 N–H and O–H groups in total. The average Bonchev–Trinajstić information content (AvgIpc) is 3.16. The molecule has 8 nitrogen and oxygen atoms in total. The molecule has 1 aliphatic rings. The van der Waals surface area contributed by atoms with Gasteiger partial charge in [-0.2, -0.15) is 0 Å². The summed E-state index contributed by atoms with van der Waals surface area (Å²) in [6, 6.07) is 5.50. The number of aliphatic imine (C=N–C) groups is 1. The summed E-state index contributed by atoms with van der Waals surface area (Å²) in [6.45, 7) is 2.33. The zero-order valence-electron chi connectivity index (χ0n) is 16.3. The molecule has 1 atom stereocenters. The number of ether oxygens (including phenoxy) is 3. The summed E-state index contributed by atoms with van der Waals surface area (Å²) in [5, 5.41) is 6.50. The quantitative estimate of drug-likeness (QED) is 0.343. The van der Waals surface area contributed by atoms with Crippen LogP contribution in [0.4, 0.5) is 5.69 Å². The van der Waals surface area contributed by atoms with Gasteiger partial charge in [0.2, 0.25) is 5.91 Å². The third kappa shape index (κ3) is 7.41. The van der Waals surface area contributed by atoms with Crippen LogP contribution in [0.25, 0.3) is 0 Å². The number of hydrogen-bond acceptors (Lipinski definition) is 5. The molecule has 0 aliphatic carbocycles. The lowest BCUT2D eigenvalue weighted by Crippen LogP contribution is -2.36. The number of nitrogens with zero attached hydrogens (tertiary/aromatic N) is 2. The van der Waals surface area contributed by atoms with Crippen LogP contribution in [0.2, 0.25) is 0 Å². The molecule has 2 rings (SSSR count). The first kappa shape index (κ1) is 23.3. The fourth-order valence-electron chi connectivity index (χ4n) is 2.46. The molecule has 152 valence electrons. The van der Waals surface area contributed by atoms with Crippen molar-refractivity contribution in [1.82, 2.24) is 10.2 Å². The Balaban J connectivity index is 0.00000364. The number of anilines is 1. The molecule has 1 amide bonds. The molecule has 1 unspecified atom stereocenters. The van der Waals surface area contributed by atoms with Crippen molar-refractivity contribution in [2.45, 2.75) is 6.42 Å². The van der Waals surface area contributed by atoms with Crippen molar-refractivity contribution in [1.29, 1.82) is 0 Å². The number of likely N-dealkylation sites (N-methyl/N-ethyl adjacent to an activating group) is 1. The zero-order valence-corrected chi connectivity index (χ0v) is 18.6. The van der Waals surface area contributed by atoms with Crippen LogP contribution in [0, 0.1) is 5.92 Å². The van der Waals surface area contributed by atoms with Crippen molar-refractivity contribution in [3.63, 3.8) is 0 Å². The number of methoxy groups -OCH3 is 2. The molecule has 0 saturated carbocycles. The van der Waals surface area contributed by atoms with Gasteiger partial charge in [0.25, 0.3) is 0 Å². The van der Waals surface area contributed by atoms with E-state index in [2.05, 4.69) is 15.6 Å². The van der Waals surface area contributed by atoms with Gasteiger partial charge in [0.05, 0.1) is 20.8 Å². The van der Waals surface area contributed by atoms with E-state index in [1.54, 1.807) is 28.3 Å². The topological polar surface area (TPSA) is 84.4 Å². The molecule has 0 bridgehead atoms. The number of rotatable bonds is 7. The van der Waals surface area contributed by atoms with Crippen molar-refractivity contribution < 1.29 is 19.0 Å². The lowest BCUT2D eigenvalue weighted by atomic mass is 10.1. The summed E-state index contributed by atoms with van der Waals surface area (Å²) in [5.41, 5.74) is 0.786. The molecule has 9 heteroatoms. The summed E-state index contributed by atoms with van der Waals surface area (Å²) >= 11 is 0. The van der Waals surface area contributed by atoms with Crippen LogP contribution in [0.3, 0.4) is 0 Å². The number of benzene rings is 1. The first-order chi connectivity index (χ1) is 12.5. The van der Waals surface area contributed by atoms with E-state index >= 15 is 0 Å². The van der Waals surface area contributed by atoms with Crippen LogP contribution >= 0.6 is 24.0 Å². The summed E-state index contributed by atoms with van der Waals surface area (Å²) in [5.74, 6) is 2.18. The largest absolute Gasteiger partial charge is 0.493 e. The molecule has 27 heavy (non-hydrogen) atoms. The molecule has 1 fully saturated rings. The van der Waals surface area contributed by atoms with E-state index in [9.17, 15) is 4.79 Å². The van der Waals surface area contributed by atoms with Crippen LogP contribution in [0.5, 0.6) is 11.5 Å². The third-order valence-electron chi connectivity index (χ3n) is 4.10. The summed E-state index contributed by atoms with van der Waals surface area (Å²) < 4.78 is 16.0. The highest BCUT2D eigenvalue weighted by Crippen LogP contribution is 2.29. The Bertz CT molecular complexity index is 634. The normalized spacial score (nSPS) is 16.3. The fraction of sp³-hybridized carbons (Fsp3) is 0.556. The predicted octanol–water partition coefficient (Wildman–Crippen LogP) is 1.80. The van der Waals surface area contributed by atoms with Crippen LogP contribution in [-0.4, -0.2) is 71.4 Å². The van der Waals surface area contributed by atoms with Gasteiger partial charge in [0.1, 0.15) is 6.54 Å². The Labute approximate surface area is 177 Å². The lowest BCUT2D eigenvalue weighted by Gasteiger charge is -2.17. The van der Waals surface area contributed by atoms with Crippen molar-refractivity contribution in [2.75, 3.05) is 59.9 Å². The molecule has 0 spiro atoms. The van der Waals surface area contributed by atoms with Gasteiger partial charge in [-0.1, -0.05) is 0 Å². The molecule has 1 heterocycles. The number of nitrogens with one attached hydrogen (secondary N) is 2. The number of amides is 1. The highest BCUT2D eigenvalue weighted by molar-refractivity contribution is 14.0. The monoisotopic (exact) mass is 492 g/mol. The number of halogens is 1. The average molecular weight is 492 g/mol. The number of hydrogen-bond donors (Lipinski definition) is 2. The number of guanidine groups is 1. The second-order valence-electron chi connectivity index (χ2n) is 6.26. The lowest BCUT2D eigenvalue weighted by molar-refractivity contribution is -0.127. The maximum atomic E-state index is 11.9. The SMILES string of the molecule is COc1ccc(NC(=NCC(=O)N(C)C)NCC2CCOC2)cc1OC.I. The number of carbonyl (C=O) groups excluding carboxylic acids is 1. The second-order valence-corrected chi connectivity index (χ2v) is 6.26. The van der Waals surface area contributed by atoms with Crippen LogP contribution in [0.15, 0.2) is 23.2 Å². The minimum absolute atomic E-state index is 0. The van der Waals surface area contributed by atoms with Gasteiger partial charge in [-0.25, -0.2) is 4.99 Å². The van der Waals surface area contributed by atoms with Gasteiger partial charge in [0, 0.05) is 44.9 Å². The van der Waals surface area contributed by atoms with Gasteiger partial charge < -0.3 is 29.7 Å². The third-order valence-corrected chi connectivity index (χ3v) is 4.10.